The lowest BCUT2D eigenvalue weighted by Crippen LogP contribution is -2.46. The van der Waals surface area contributed by atoms with Gasteiger partial charge in [0.25, 0.3) is 5.56 Å². The van der Waals surface area contributed by atoms with Crippen LogP contribution in [0, 0.1) is 6.92 Å². The van der Waals surface area contributed by atoms with Crippen LogP contribution in [0.1, 0.15) is 11.3 Å². The highest BCUT2D eigenvalue weighted by molar-refractivity contribution is 5.77. The molecule has 1 aromatic carbocycles. The van der Waals surface area contributed by atoms with Crippen LogP contribution in [0.25, 0.3) is 0 Å². The Morgan fingerprint density at radius 2 is 2.16 bits per heavy atom. The van der Waals surface area contributed by atoms with Gasteiger partial charge in [-0.2, -0.15) is 0 Å². The van der Waals surface area contributed by atoms with Crippen LogP contribution in [-0.2, 0) is 22.6 Å². The molecule has 11 nitrogen and oxygen atoms in total. The van der Waals surface area contributed by atoms with Crippen LogP contribution >= 0.6 is 0 Å². The van der Waals surface area contributed by atoms with E-state index in [1.54, 1.807) is 20.2 Å². The fourth-order valence-electron chi connectivity index (χ4n) is 2.95. The molecule has 0 saturated heterocycles. The number of hydrogen-bond acceptors (Lipinski definition) is 9. The number of benzene rings is 1. The molecular formula is C20H27N7O4. The van der Waals surface area contributed by atoms with Crippen molar-refractivity contribution in [1.29, 1.82) is 0 Å². The van der Waals surface area contributed by atoms with Crippen molar-refractivity contribution >= 4 is 17.7 Å². The standard InChI is InChI=1S/C20H27N7O4/c1-13-9-24-18(22-8-7-14-3-5-15(30-2)6-4-14)19(29)27(13)12-17(28)23-10-16-11-25-20(21)26-31-16/h3-6,9,16H,7-8,10-12H2,1-2H3,(H,22,24)(H,23,28)(H3,21,25,26). The Balaban J connectivity index is 1.54. The number of ether oxygens (including phenoxy) is 1. The molecule has 1 atom stereocenters. The van der Waals surface area contributed by atoms with Gasteiger partial charge in [-0.1, -0.05) is 12.1 Å². The number of nitrogens with one attached hydrogen (secondary N) is 3. The first-order valence-corrected chi connectivity index (χ1v) is 9.87. The minimum Gasteiger partial charge on any atom is -0.497 e. The van der Waals surface area contributed by atoms with Crippen molar-refractivity contribution < 1.29 is 14.4 Å². The third-order valence-electron chi connectivity index (χ3n) is 4.74. The zero-order valence-electron chi connectivity index (χ0n) is 17.6. The lowest BCUT2D eigenvalue weighted by atomic mass is 10.1. The summed E-state index contributed by atoms with van der Waals surface area (Å²) in [7, 11) is 1.62. The summed E-state index contributed by atoms with van der Waals surface area (Å²) >= 11 is 0. The number of rotatable bonds is 9. The van der Waals surface area contributed by atoms with Crippen LogP contribution in [0.3, 0.4) is 0 Å². The number of carbonyl (C=O) groups excluding carboxylic acids is 1. The Morgan fingerprint density at radius 3 is 2.84 bits per heavy atom. The Labute approximate surface area is 179 Å². The number of nitrogens with zero attached hydrogens (tertiary/aromatic N) is 3. The van der Waals surface area contributed by atoms with Crippen molar-refractivity contribution in [2.24, 2.45) is 10.7 Å². The highest BCUT2D eigenvalue weighted by Crippen LogP contribution is 2.11. The van der Waals surface area contributed by atoms with E-state index in [1.165, 1.54) is 4.57 Å². The molecular weight excluding hydrogens is 402 g/mol. The summed E-state index contributed by atoms with van der Waals surface area (Å²) in [5.41, 5.74) is 9.26. The summed E-state index contributed by atoms with van der Waals surface area (Å²) in [6.45, 7) is 2.73. The van der Waals surface area contributed by atoms with E-state index in [1.807, 2.05) is 24.3 Å². The van der Waals surface area contributed by atoms with Crippen molar-refractivity contribution in [3.8, 4) is 5.75 Å². The van der Waals surface area contributed by atoms with Crippen LogP contribution < -0.4 is 32.1 Å². The third-order valence-corrected chi connectivity index (χ3v) is 4.74. The first kappa shape index (κ1) is 22.1. The van der Waals surface area contributed by atoms with Crippen LogP contribution in [0.4, 0.5) is 5.82 Å². The maximum absolute atomic E-state index is 12.8. The fourth-order valence-corrected chi connectivity index (χ4v) is 2.95. The molecule has 5 N–H and O–H groups in total. The number of aryl methyl sites for hydroxylation is 1. The Kier molecular flexibility index (Phi) is 7.44. The van der Waals surface area contributed by atoms with E-state index in [-0.39, 0.29) is 42.4 Å². The molecule has 2 heterocycles. The van der Waals surface area contributed by atoms with Crippen molar-refractivity contribution in [3.63, 3.8) is 0 Å². The van der Waals surface area contributed by atoms with Gasteiger partial charge >= 0.3 is 0 Å². The van der Waals surface area contributed by atoms with E-state index in [0.717, 1.165) is 11.3 Å². The molecule has 0 spiro atoms. The number of methoxy groups -OCH3 is 1. The zero-order chi connectivity index (χ0) is 22.2. The maximum atomic E-state index is 12.8. The minimum absolute atomic E-state index is 0.119. The molecule has 0 saturated carbocycles. The van der Waals surface area contributed by atoms with Gasteiger partial charge in [0.15, 0.2) is 5.82 Å². The molecule has 3 rings (SSSR count). The second kappa shape index (κ2) is 10.4. The van der Waals surface area contributed by atoms with Gasteiger partial charge in [-0.15, -0.1) is 0 Å². The number of hydrogen-bond donors (Lipinski definition) is 4. The smallest absolute Gasteiger partial charge is 0.293 e. The van der Waals surface area contributed by atoms with Gasteiger partial charge < -0.3 is 21.1 Å². The minimum atomic E-state index is -0.349. The molecule has 1 aliphatic rings. The molecule has 1 unspecified atom stereocenters. The van der Waals surface area contributed by atoms with E-state index in [9.17, 15) is 9.59 Å². The van der Waals surface area contributed by atoms with Crippen molar-refractivity contribution in [2.45, 2.75) is 26.0 Å². The van der Waals surface area contributed by atoms with Gasteiger partial charge in [-0.05, 0) is 31.0 Å². The number of amides is 1. The highest BCUT2D eigenvalue weighted by atomic mass is 16.7. The monoisotopic (exact) mass is 429 g/mol. The first-order chi connectivity index (χ1) is 15.0. The number of hydroxylamine groups is 1. The summed E-state index contributed by atoms with van der Waals surface area (Å²) in [5.74, 6) is 0.887. The first-order valence-electron chi connectivity index (χ1n) is 9.87. The predicted molar refractivity (Wildman–Crippen MR) is 116 cm³/mol. The number of anilines is 1. The van der Waals surface area contributed by atoms with Crippen LogP contribution in [0.15, 0.2) is 40.2 Å². The summed E-state index contributed by atoms with van der Waals surface area (Å²) < 4.78 is 6.53. The number of aromatic nitrogens is 2. The van der Waals surface area contributed by atoms with Gasteiger partial charge in [0.05, 0.1) is 13.7 Å². The molecule has 0 fully saturated rings. The molecule has 0 aliphatic carbocycles. The number of guanidine groups is 1. The molecule has 11 heteroatoms. The van der Waals surface area contributed by atoms with Crippen molar-refractivity contribution in [1.82, 2.24) is 20.3 Å². The average molecular weight is 429 g/mol. The summed E-state index contributed by atoms with van der Waals surface area (Å²) in [6, 6.07) is 7.72. The fraction of sp³-hybridized carbons (Fsp3) is 0.400. The molecule has 166 valence electrons. The molecule has 0 radical (unpaired) electrons. The zero-order valence-corrected chi connectivity index (χ0v) is 17.6. The lowest BCUT2D eigenvalue weighted by molar-refractivity contribution is -0.122. The van der Waals surface area contributed by atoms with Gasteiger partial charge in [-0.25, -0.2) is 15.5 Å². The largest absolute Gasteiger partial charge is 0.497 e. The SMILES string of the molecule is COc1ccc(CCNc2ncc(C)n(CC(=O)NCC3CN=C(N)NO3)c2=O)cc1. The molecule has 1 amide bonds. The van der Waals surface area contributed by atoms with Gasteiger partial charge in [-0.3, -0.25) is 19.0 Å². The highest BCUT2D eigenvalue weighted by Gasteiger charge is 2.17. The molecule has 31 heavy (non-hydrogen) atoms. The Morgan fingerprint density at radius 1 is 1.39 bits per heavy atom. The van der Waals surface area contributed by atoms with E-state index in [0.29, 0.717) is 25.2 Å². The normalized spacial score (nSPS) is 15.5. The summed E-state index contributed by atoms with van der Waals surface area (Å²) in [4.78, 5) is 38.5. The molecule has 0 bridgehead atoms. The topological polar surface area (TPSA) is 145 Å². The number of carbonyl (C=O) groups is 1. The average Bonchev–Trinajstić information content (AvgIpc) is 2.78. The van der Waals surface area contributed by atoms with Crippen molar-refractivity contribution in [3.05, 3.63) is 52.1 Å². The van der Waals surface area contributed by atoms with Crippen LogP contribution in [0.2, 0.25) is 0 Å². The Bertz CT molecular complexity index is 988. The Hall–Kier alpha value is -3.60. The van der Waals surface area contributed by atoms with Crippen LogP contribution in [0.5, 0.6) is 5.75 Å². The van der Waals surface area contributed by atoms with Gasteiger partial charge in [0.1, 0.15) is 18.4 Å². The third kappa shape index (κ3) is 6.19. The molecule has 1 aromatic heterocycles. The van der Waals surface area contributed by atoms with Crippen LogP contribution in [-0.4, -0.2) is 54.3 Å². The molecule has 1 aliphatic heterocycles. The maximum Gasteiger partial charge on any atom is 0.293 e. The number of aliphatic imine (C=N–C) groups is 1. The van der Waals surface area contributed by atoms with E-state index in [2.05, 4.69) is 26.1 Å². The quantitative estimate of drug-likeness (QED) is 0.419. The second-order valence-corrected chi connectivity index (χ2v) is 7.04. The predicted octanol–water partition coefficient (Wildman–Crippen LogP) is -0.451. The van der Waals surface area contributed by atoms with Gasteiger partial charge in [0, 0.05) is 25.0 Å². The summed E-state index contributed by atoms with van der Waals surface area (Å²) in [6.07, 6.45) is 1.94. The van der Waals surface area contributed by atoms with E-state index >= 15 is 0 Å². The summed E-state index contributed by atoms with van der Waals surface area (Å²) in [5, 5.41) is 5.80. The number of nitrogens with two attached hydrogens (primary N) is 1. The second-order valence-electron chi connectivity index (χ2n) is 7.04. The van der Waals surface area contributed by atoms with E-state index in [4.69, 9.17) is 15.3 Å². The lowest BCUT2D eigenvalue weighted by Gasteiger charge is -2.21. The van der Waals surface area contributed by atoms with Gasteiger partial charge in [0.2, 0.25) is 11.9 Å². The van der Waals surface area contributed by atoms with E-state index < -0.39 is 0 Å². The van der Waals surface area contributed by atoms with Crippen molar-refractivity contribution in [2.75, 3.05) is 32.1 Å². The molecule has 2 aromatic rings.